The predicted octanol–water partition coefficient (Wildman–Crippen LogP) is -0.875. The summed E-state index contributed by atoms with van der Waals surface area (Å²) in [7, 11) is 0. The number of hydrogen-bond donors (Lipinski definition) is 3. The Balaban J connectivity index is 3.43. The molecule has 0 radical (unpaired) electrons. The quantitative estimate of drug-likeness (QED) is 0.494. The van der Waals surface area contributed by atoms with E-state index in [4.69, 9.17) is 20.1 Å². The third kappa shape index (κ3) is 5.15. The van der Waals surface area contributed by atoms with Gasteiger partial charge in [0, 0.05) is 0 Å². The second kappa shape index (κ2) is 5.49. The molecule has 0 aromatic rings. The maximum atomic E-state index is 8.98. The zero-order valence-electron chi connectivity index (χ0n) is 6.90. The molecule has 68 valence electrons. The molecule has 3 N–H and O–H groups in total. The van der Waals surface area contributed by atoms with E-state index in [1.807, 2.05) is 0 Å². The molecule has 0 bridgehead atoms. The maximum Gasteiger partial charge on any atom is 0.103 e. The molecule has 0 aliphatic carbocycles. The summed E-state index contributed by atoms with van der Waals surface area (Å²) in [4.78, 5) is 0. The summed E-state index contributed by atoms with van der Waals surface area (Å²) < 4.78 is 5.00. The number of hydrogen-bond acceptors (Lipinski definition) is 4. The van der Waals surface area contributed by atoms with E-state index >= 15 is 0 Å². The van der Waals surface area contributed by atoms with Gasteiger partial charge in [0.05, 0.1) is 25.4 Å². The smallest absolute Gasteiger partial charge is 0.103 e. The monoisotopic (exact) mass is 164 g/mol. The highest BCUT2D eigenvalue weighted by molar-refractivity contribution is 4.62. The van der Waals surface area contributed by atoms with Crippen LogP contribution in [-0.4, -0.2) is 46.8 Å². The molecule has 0 aromatic heterocycles. The van der Waals surface area contributed by atoms with Crippen LogP contribution in [0, 0.1) is 0 Å². The van der Waals surface area contributed by atoms with E-state index in [-0.39, 0.29) is 13.2 Å². The molecule has 1 unspecified atom stereocenters. The van der Waals surface area contributed by atoms with Crippen LogP contribution in [0.4, 0.5) is 0 Å². The third-order valence-electron chi connectivity index (χ3n) is 1.33. The molecule has 0 saturated heterocycles. The first-order valence-corrected chi connectivity index (χ1v) is 3.66. The fourth-order valence-electron chi connectivity index (χ4n) is 0.551. The topological polar surface area (TPSA) is 69.9 Å². The Bertz CT molecular complexity index is 94.4. The van der Waals surface area contributed by atoms with Crippen molar-refractivity contribution in [3.63, 3.8) is 0 Å². The van der Waals surface area contributed by atoms with Crippen LogP contribution in [0.1, 0.15) is 13.8 Å². The van der Waals surface area contributed by atoms with Gasteiger partial charge in [-0.05, 0) is 13.8 Å². The first-order chi connectivity index (χ1) is 5.07. The van der Waals surface area contributed by atoms with E-state index in [0.29, 0.717) is 0 Å². The lowest BCUT2D eigenvalue weighted by Crippen LogP contribution is -2.31. The molecule has 0 rings (SSSR count). The summed E-state index contributed by atoms with van der Waals surface area (Å²) >= 11 is 0. The summed E-state index contributed by atoms with van der Waals surface area (Å²) in [5, 5.41) is 26.2. The minimum atomic E-state index is -0.867. The van der Waals surface area contributed by atoms with Crippen molar-refractivity contribution in [3.8, 4) is 0 Å². The summed E-state index contributed by atoms with van der Waals surface area (Å²) in [6.45, 7) is 3.10. The average Bonchev–Trinajstić information content (AvgIpc) is 1.98. The van der Waals surface area contributed by atoms with Crippen LogP contribution in [0.3, 0.4) is 0 Å². The van der Waals surface area contributed by atoms with Crippen molar-refractivity contribution in [2.24, 2.45) is 0 Å². The van der Waals surface area contributed by atoms with Gasteiger partial charge in [-0.15, -0.1) is 0 Å². The number of aliphatic hydroxyl groups is 3. The van der Waals surface area contributed by atoms with Gasteiger partial charge in [0.15, 0.2) is 0 Å². The fraction of sp³-hybridized carbons (Fsp3) is 1.00. The molecule has 11 heavy (non-hydrogen) atoms. The minimum absolute atomic E-state index is 0.179. The average molecular weight is 164 g/mol. The predicted molar refractivity (Wildman–Crippen MR) is 40.2 cm³/mol. The van der Waals surface area contributed by atoms with Crippen LogP contribution in [0.25, 0.3) is 0 Å². The fourth-order valence-corrected chi connectivity index (χ4v) is 0.551. The first kappa shape index (κ1) is 10.8. The molecule has 0 aliphatic heterocycles. The number of ether oxygens (including phenoxy) is 1. The van der Waals surface area contributed by atoms with Crippen LogP contribution >= 0.6 is 0 Å². The molecule has 4 nitrogen and oxygen atoms in total. The van der Waals surface area contributed by atoms with E-state index in [2.05, 4.69) is 0 Å². The summed E-state index contributed by atoms with van der Waals surface area (Å²) in [6.07, 6.45) is -1.84. The standard InChI is InChI=1S/C7H16O4/c1-5(9)4-11-6(2)7(10)3-8/h5-10H,3-4H2,1-2H3/t5-,6?,7-/m1/s1. The third-order valence-corrected chi connectivity index (χ3v) is 1.33. The molecular formula is C7H16O4. The van der Waals surface area contributed by atoms with E-state index in [9.17, 15) is 0 Å². The molecule has 0 heterocycles. The Morgan fingerprint density at radius 1 is 1.27 bits per heavy atom. The highest BCUT2D eigenvalue weighted by atomic mass is 16.5. The molecule has 0 amide bonds. The molecule has 0 saturated carbocycles. The summed E-state index contributed by atoms with van der Waals surface area (Å²) in [5.74, 6) is 0. The SMILES string of the molecule is CC(OC[C@@H](C)O)[C@H](O)CO. The minimum Gasteiger partial charge on any atom is -0.394 e. The van der Waals surface area contributed by atoms with Crippen molar-refractivity contribution >= 4 is 0 Å². The molecule has 0 fully saturated rings. The van der Waals surface area contributed by atoms with Crippen LogP contribution in [0.2, 0.25) is 0 Å². The molecular weight excluding hydrogens is 148 g/mol. The molecule has 4 heteroatoms. The molecule has 3 atom stereocenters. The van der Waals surface area contributed by atoms with Crippen molar-refractivity contribution in [1.29, 1.82) is 0 Å². The van der Waals surface area contributed by atoms with Gasteiger partial charge in [-0.3, -0.25) is 0 Å². The number of aliphatic hydroxyl groups excluding tert-OH is 3. The zero-order chi connectivity index (χ0) is 8.85. The highest BCUT2D eigenvalue weighted by Crippen LogP contribution is 1.98. The number of rotatable bonds is 5. The van der Waals surface area contributed by atoms with Crippen LogP contribution < -0.4 is 0 Å². The van der Waals surface area contributed by atoms with E-state index in [1.165, 1.54) is 0 Å². The van der Waals surface area contributed by atoms with Gasteiger partial charge < -0.3 is 20.1 Å². The molecule has 0 aromatic carbocycles. The zero-order valence-corrected chi connectivity index (χ0v) is 6.90. The van der Waals surface area contributed by atoms with Crippen LogP contribution in [0.5, 0.6) is 0 Å². The summed E-state index contributed by atoms with van der Waals surface area (Å²) in [6, 6.07) is 0. The Kier molecular flexibility index (Phi) is 5.41. The van der Waals surface area contributed by atoms with Gasteiger partial charge in [-0.2, -0.15) is 0 Å². The maximum absolute atomic E-state index is 8.98. The van der Waals surface area contributed by atoms with Crippen molar-refractivity contribution in [3.05, 3.63) is 0 Å². The van der Waals surface area contributed by atoms with Gasteiger partial charge in [0.2, 0.25) is 0 Å². The normalized spacial score (nSPS) is 19.4. The first-order valence-electron chi connectivity index (χ1n) is 3.66. The Morgan fingerprint density at radius 2 is 1.82 bits per heavy atom. The van der Waals surface area contributed by atoms with Crippen LogP contribution in [0.15, 0.2) is 0 Å². The van der Waals surface area contributed by atoms with Gasteiger partial charge in [-0.1, -0.05) is 0 Å². The van der Waals surface area contributed by atoms with Crippen molar-refractivity contribution in [2.45, 2.75) is 32.2 Å². The van der Waals surface area contributed by atoms with Gasteiger partial charge in [-0.25, -0.2) is 0 Å². The second-order valence-corrected chi connectivity index (χ2v) is 2.64. The van der Waals surface area contributed by atoms with Crippen molar-refractivity contribution in [2.75, 3.05) is 13.2 Å². The van der Waals surface area contributed by atoms with Gasteiger partial charge in [0.25, 0.3) is 0 Å². The second-order valence-electron chi connectivity index (χ2n) is 2.64. The van der Waals surface area contributed by atoms with Crippen molar-refractivity contribution in [1.82, 2.24) is 0 Å². The lowest BCUT2D eigenvalue weighted by molar-refractivity contribution is -0.0691. The largest absolute Gasteiger partial charge is 0.394 e. The van der Waals surface area contributed by atoms with E-state index in [1.54, 1.807) is 13.8 Å². The molecule has 0 spiro atoms. The van der Waals surface area contributed by atoms with E-state index < -0.39 is 18.3 Å². The Morgan fingerprint density at radius 3 is 2.18 bits per heavy atom. The van der Waals surface area contributed by atoms with Gasteiger partial charge >= 0.3 is 0 Å². The lowest BCUT2D eigenvalue weighted by Gasteiger charge is -2.18. The van der Waals surface area contributed by atoms with Gasteiger partial charge in [0.1, 0.15) is 6.10 Å². The van der Waals surface area contributed by atoms with Crippen molar-refractivity contribution < 1.29 is 20.1 Å². The lowest BCUT2D eigenvalue weighted by atomic mass is 10.2. The highest BCUT2D eigenvalue weighted by Gasteiger charge is 2.13. The van der Waals surface area contributed by atoms with E-state index in [0.717, 1.165) is 0 Å². The Labute approximate surface area is 66.4 Å². The van der Waals surface area contributed by atoms with Crippen LogP contribution in [-0.2, 0) is 4.74 Å². The molecule has 0 aliphatic rings. The summed E-state index contributed by atoms with van der Waals surface area (Å²) in [5.41, 5.74) is 0. The Hall–Kier alpha value is -0.160.